The number of hydrogen-bond acceptors (Lipinski definition) is 2. The highest BCUT2D eigenvalue weighted by atomic mass is 19.1. The van der Waals surface area contributed by atoms with Gasteiger partial charge in [0, 0.05) is 24.2 Å². The Labute approximate surface area is 113 Å². The Morgan fingerprint density at radius 3 is 2.84 bits per heavy atom. The number of rotatable bonds is 4. The summed E-state index contributed by atoms with van der Waals surface area (Å²) >= 11 is 0. The Kier molecular flexibility index (Phi) is 4.88. The quantitative estimate of drug-likeness (QED) is 0.902. The fourth-order valence-electron chi connectivity index (χ4n) is 2.66. The van der Waals surface area contributed by atoms with Crippen LogP contribution in [0.25, 0.3) is 0 Å². The highest BCUT2D eigenvalue weighted by Crippen LogP contribution is 2.23. The lowest BCUT2D eigenvalue weighted by molar-refractivity contribution is 0.211. The Hall–Kier alpha value is -1.00. The number of hydrogen-bond donors (Lipinski definition) is 1. The summed E-state index contributed by atoms with van der Waals surface area (Å²) in [5.41, 5.74) is 0.429. The van der Waals surface area contributed by atoms with Crippen molar-refractivity contribution >= 4 is 0 Å². The molecule has 106 valence electrons. The van der Waals surface area contributed by atoms with E-state index in [0.29, 0.717) is 11.6 Å². The summed E-state index contributed by atoms with van der Waals surface area (Å²) < 4.78 is 27.0. The summed E-state index contributed by atoms with van der Waals surface area (Å²) in [6.45, 7) is 3.83. The van der Waals surface area contributed by atoms with Crippen LogP contribution in [0.4, 0.5) is 8.78 Å². The van der Waals surface area contributed by atoms with Gasteiger partial charge < -0.3 is 5.32 Å². The molecule has 0 saturated carbocycles. The van der Waals surface area contributed by atoms with E-state index in [1.807, 2.05) is 14.0 Å². The summed E-state index contributed by atoms with van der Waals surface area (Å²) in [4.78, 5) is 2.08. The molecule has 0 radical (unpaired) electrons. The van der Waals surface area contributed by atoms with Crippen molar-refractivity contribution in [1.29, 1.82) is 0 Å². The van der Waals surface area contributed by atoms with Crippen molar-refractivity contribution in [3.05, 3.63) is 35.4 Å². The van der Waals surface area contributed by atoms with Crippen LogP contribution in [0.3, 0.4) is 0 Å². The summed E-state index contributed by atoms with van der Waals surface area (Å²) in [6.07, 6.45) is 3.63. The summed E-state index contributed by atoms with van der Waals surface area (Å²) in [7, 11) is 1.96. The van der Waals surface area contributed by atoms with Crippen LogP contribution in [0.2, 0.25) is 0 Å². The van der Waals surface area contributed by atoms with E-state index in [1.54, 1.807) is 0 Å². The van der Waals surface area contributed by atoms with Crippen LogP contribution in [0, 0.1) is 11.6 Å². The SMILES string of the molecule is CC(c1cc(F)ccc1F)N(C)CC1CCCCN1. The number of nitrogens with one attached hydrogen (secondary N) is 1. The van der Waals surface area contributed by atoms with E-state index in [1.165, 1.54) is 25.0 Å². The zero-order chi connectivity index (χ0) is 13.8. The van der Waals surface area contributed by atoms with Crippen molar-refractivity contribution in [2.75, 3.05) is 20.1 Å². The van der Waals surface area contributed by atoms with E-state index in [-0.39, 0.29) is 17.7 Å². The van der Waals surface area contributed by atoms with Crippen LogP contribution >= 0.6 is 0 Å². The molecular formula is C15H22F2N2. The van der Waals surface area contributed by atoms with Gasteiger partial charge in [-0.1, -0.05) is 6.42 Å². The Morgan fingerprint density at radius 1 is 1.37 bits per heavy atom. The zero-order valence-electron chi connectivity index (χ0n) is 11.6. The Balaban J connectivity index is 2.01. The molecule has 0 spiro atoms. The number of nitrogens with zero attached hydrogens (tertiary/aromatic N) is 1. The maximum Gasteiger partial charge on any atom is 0.128 e. The lowest BCUT2D eigenvalue weighted by Gasteiger charge is -2.32. The minimum Gasteiger partial charge on any atom is -0.313 e. The molecule has 19 heavy (non-hydrogen) atoms. The fourth-order valence-corrected chi connectivity index (χ4v) is 2.66. The first-order chi connectivity index (χ1) is 9.08. The van der Waals surface area contributed by atoms with Crippen LogP contribution in [0.1, 0.15) is 37.8 Å². The standard InChI is InChI=1S/C15H22F2N2/c1-11(14-9-12(16)6-7-15(14)17)19(2)10-13-5-3-4-8-18-13/h6-7,9,11,13,18H,3-5,8,10H2,1-2H3. The second-order valence-electron chi connectivity index (χ2n) is 5.43. The summed E-state index contributed by atoms with van der Waals surface area (Å²) in [5.74, 6) is -0.718. The number of piperidine rings is 1. The molecule has 1 N–H and O–H groups in total. The molecule has 0 aliphatic carbocycles. The molecule has 2 rings (SSSR count). The monoisotopic (exact) mass is 268 g/mol. The lowest BCUT2D eigenvalue weighted by Crippen LogP contribution is -2.43. The minimum absolute atomic E-state index is 0.126. The minimum atomic E-state index is -0.382. The normalized spacial score (nSPS) is 21.6. The molecule has 1 aliphatic heterocycles. The molecule has 0 aromatic heterocycles. The van der Waals surface area contributed by atoms with Crippen LogP contribution < -0.4 is 5.32 Å². The van der Waals surface area contributed by atoms with Gasteiger partial charge in [0.05, 0.1) is 0 Å². The van der Waals surface area contributed by atoms with Gasteiger partial charge in [-0.05, 0) is 51.6 Å². The summed E-state index contributed by atoms with van der Waals surface area (Å²) in [6, 6.07) is 3.99. The van der Waals surface area contributed by atoms with Crippen molar-refractivity contribution < 1.29 is 8.78 Å². The Morgan fingerprint density at radius 2 is 2.16 bits per heavy atom. The third kappa shape index (κ3) is 3.74. The van der Waals surface area contributed by atoms with Gasteiger partial charge in [0.15, 0.2) is 0 Å². The van der Waals surface area contributed by atoms with Gasteiger partial charge in [0.1, 0.15) is 11.6 Å². The molecule has 2 atom stereocenters. The first-order valence-electron chi connectivity index (χ1n) is 6.96. The van der Waals surface area contributed by atoms with Crippen molar-refractivity contribution in [3.63, 3.8) is 0 Å². The number of halogens is 2. The molecular weight excluding hydrogens is 246 g/mol. The van der Waals surface area contributed by atoms with Gasteiger partial charge >= 0.3 is 0 Å². The first-order valence-corrected chi connectivity index (χ1v) is 6.96. The van der Waals surface area contributed by atoms with Crippen molar-refractivity contribution in [2.24, 2.45) is 0 Å². The van der Waals surface area contributed by atoms with Gasteiger partial charge in [-0.15, -0.1) is 0 Å². The fraction of sp³-hybridized carbons (Fsp3) is 0.600. The van der Waals surface area contributed by atoms with E-state index < -0.39 is 0 Å². The van der Waals surface area contributed by atoms with E-state index >= 15 is 0 Å². The molecule has 0 bridgehead atoms. The predicted octanol–water partition coefficient (Wildman–Crippen LogP) is 3.10. The van der Waals surface area contributed by atoms with Gasteiger partial charge in [0.2, 0.25) is 0 Å². The topological polar surface area (TPSA) is 15.3 Å². The molecule has 2 nitrogen and oxygen atoms in total. The molecule has 1 aromatic carbocycles. The molecule has 0 amide bonds. The number of likely N-dealkylation sites (N-methyl/N-ethyl adjacent to an activating group) is 1. The van der Waals surface area contributed by atoms with E-state index in [0.717, 1.165) is 25.6 Å². The molecule has 2 unspecified atom stereocenters. The third-order valence-corrected chi connectivity index (χ3v) is 3.99. The van der Waals surface area contributed by atoms with Crippen LogP contribution in [-0.4, -0.2) is 31.1 Å². The largest absolute Gasteiger partial charge is 0.313 e. The smallest absolute Gasteiger partial charge is 0.128 e. The van der Waals surface area contributed by atoms with E-state index in [9.17, 15) is 8.78 Å². The molecule has 1 saturated heterocycles. The van der Waals surface area contributed by atoms with Crippen LogP contribution in [0.15, 0.2) is 18.2 Å². The lowest BCUT2D eigenvalue weighted by atomic mass is 10.0. The average molecular weight is 268 g/mol. The second-order valence-corrected chi connectivity index (χ2v) is 5.43. The van der Waals surface area contributed by atoms with Crippen molar-refractivity contribution in [1.82, 2.24) is 10.2 Å². The third-order valence-electron chi connectivity index (χ3n) is 3.99. The molecule has 4 heteroatoms. The van der Waals surface area contributed by atoms with Gasteiger partial charge in [0.25, 0.3) is 0 Å². The highest BCUT2D eigenvalue weighted by molar-refractivity contribution is 5.21. The average Bonchev–Trinajstić information content (AvgIpc) is 2.42. The maximum atomic E-state index is 13.7. The van der Waals surface area contributed by atoms with Gasteiger partial charge in [-0.25, -0.2) is 8.78 Å². The van der Waals surface area contributed by atoms with Crippen molar-refractivity contribution in [2.45, 2.75) is 38.3 Å². The van der Waals surface area contributed by atoms with E-state index in [2.05, 4.69) is 10.2 Å². The molecule has 1 fully saturated rings. The number of benzene rings is 1. The van der Waals surface area contributed by atoms with Crippen LogP contribution in [0.5, 0.6) is 0 Å². The highest BCUT2D eigenvalue weighted by Gasteiger charge is 2.20. The second kappa shape index (κ2) is 6.44. The zero-order valence-corrected chi connectivity index (χ0v) is 11.6. The van der Waals surface area contributed by atoms with Crippen LogP contribution in [-0.2, 0) is 0 Å². The molecule has 1 aromatic rings. The predicted molar refractivity (Wildman–Crippen MR) is 73.0 cm³/mol. The van der Waals surface area contributed by atoms with Gasteiger partial charge in [-0.2, -0.15) is 0 Å². The Bertz CT molecular complexity index is 417. The van der Waals surface area contributed by atoms with Crippen molar-refractivity contribution in [3.8, 4) is 0 Å². The summed E-state index contributed by atoms with van der Waals surface area (Å²) in [5, 5.41) is 3.47. The first kappa shape index (κ1) is 14.4. The molecule has 1 aliphatic rings. The maximum absolute atomic E-state index is 13.7. The van der Waals surface area contributed by atoms with E-state index in [4.69, 9.17) is 0 Å². The van der Waals surface area contributed by atoms with Gasteiger partial charge in [-0.3, -0.25) is 4.90 Å². The molecule has 1 heterocycles.